The molecule has 0 saturated carbocycles. The zero-order valence-corrected chi connectivity index (χ0v) is 5.10. The van der Waals surface area contributed by atoms with Crippen LogP contribution in [-0.4, -0.2) is 13.2 Å². The van der Waals surface area contributed by atoms with Gasteiger partial charge in [0.1, 0.15) is 0 Å². The highest BCUT2D eigenvalue weighted by molar-refractivity contribution is 4.63. The molecule has 1 heteroatoms. The lowest BCUT2D eigenvalue weighted by Gasteiger charge is -2.19. The minimum Gasteiger partial charge on any atom is -0.381 e. The standard InChI is InChI=1S/C7H12O/c1-2-7-3-5-8-6-4-7/h1,7H,2-6H2. The smallest absolute Gasteiger partial charge is 0.0468 e. The summed E-state index contributed by atoms with van der Waals surface area (Å²) < 4.78 is 5.15. The summed E-state index contributed by atoms with van der Waals surface area (Å²) in [5, 5.41) is 0. The van der Waals surface area contributed by atoms with Gasteiger partial charge in [-0.1, -0.05) is 0 Å². The summed E-state index contributed by atoms with van der Waals surface area (Å²) in [6.07, 6.45) is 3.16. The number of hydrogen-bond donors (Lipinski definition) is 0. The molecule has 0 aromatic heterocycles. The second-order valence-electron chi connectivity index (χ2n) is 2.29. The fourth-order valence-corrected chi connectivity index (χ4v) is 0.982. The molecule has 8 heavy (non-hydrogen) atoms. The molecule has 0 N–H and O–H groups in total. The zero-order chi connectivity index (χ0) is 5.82. The molecule has 1 nitrogen and oxygen atoms in total. The van der Waals surface area contributed by atoms with Gasteiger partial charge in [-0.25, -0.2) is 0 Å². The summed E-state index contributed by atoms with van der Waals surface area (Å²) in [5.41, 5.74) is 0. The highest BCUT2D eigenvalue weighted by Crippen LogP contribution is 2.16. The Hall–Kier alpha value is -0.0400. The molecule has 0 bridgehead atoms. The van der Waals surface area contributed by atoms with Crippen molar-refractivity contribution in [2.45, 2.75) is 19.3 Å². The van der Waals surface area contributed by atoms with Crippen LogP contribution in [0.3, 0.4) is 0 Å². The molecule has 0 aliphatic carbocycles. The molecule has 1 aliphatic rings. The van der Waals surface area contributed by atoms with Crippen LogP contribution in [0.15, 0.2) is 0 Å². The van der Waals surface area contributed by atoms with Gasteiger partial charge in [0, 0.05) is 13.2 Å². The average Bonchev–Trinajstić information content (AvgIpc) is 1.90. The first kappa shape index (κ1) is 6.09. The van der Waals surface area contributed by atoms with Crippen LogP contribution in [0.1, 0.15) is 19.3 Å². The molecule has 1 heterocycles. The van der Waals surface area contributed by atoms with Gasteiger partial charge >= 0.3 is 0 Å². The molecule has 46 valence electrons. The van der Waals surface area contributed by atoms with Gasteiger partial charge in [0.15, 0.2) is 0 Å². The van der Waals surface area contributed by atoms with Crippen LogP contribution in [0.2, 0.25) is 0 Å². The van der Waals surface area contributed by atoms with E-state index in [1.165, 1.54) is 0 Å². The summed E-state index contributed by atoms with van der Waals surface area (Å²) in [6.45, 7) is 7.28. The van der Waals surface area contributed by atoms with Gasteiger partial charge in [-0.15, -0.1) is 0 Å². The van der Waals surface area contributed by atoms with Gasteiger partial charge in [-0.05, 0) is 32.1 Å². The Kier molecular flexibility index (Phi) is 2.34. The quantitative estimate of drug-likeness (QED) is 0.499. The van der Waals surface area contributed by atoms with Crippen LogP contribution in [0, 0.1) is 12.8 Å². The van der Waals surface area contributed by atoms with Gasteiger partial charge in [-0.2, -0.15) is 0 Å². The molecule has 0 aromatic carbocycles. The molecular weight excluding hydrogens is 100 g/mol. The lowest BCUT2D eigenvalue weighted by atomic mass is 9.98. The third-order valence-electron chi connectivity index (χ3n) is 1.67. The molecule has 0 unspecified atom stereocenters. The van der Waals surface area contributed by atoms with Crippen molar-refractivity contribution < 1.29 is 4.74 Å². The van der Waals surface area contributed by atoms with Crippen LogP contribution in [0.4, 0.5) is 0 Å². The van der Waals surface area contributed by atoms with Crippen molar-refractivity contribution in [2.24, 2.45) is 5.92 Å². The Morgan fingerprint density at radius 2 is 2.00 bits per heavy atom. The molecule has 1 aliphatic heterocycles. The minimum absolute atomic E-state index is 0.740. The fourth-order valence-electron chi connectivity index (χ4n) is 0.982. The Bertz CT molecular complexity index is 55.4. The minimum atomic E-state index is 0.740. The number of hydrogen-bond acceptors (Lipinski definition) is 1. The lowest BCUT2D eigenvalue weighted by Crippen LogP contribution is -2.14. The van der Waals surface area contributed by atoms with Crippen molar-refractivity contribution in [1.82, 2.24) is 0 Å². The van der Waals surface area contributed by atoms with Crippen LogP contribution in [-0.2, 0) is 4.74 Å². The van der Waals surface area contributed by atoms with E-state index in [1.807, 2.05) is 0 Å². The first-order valence-corrected chi connectivity index (χ1v) is 3.21. The Morgan fingerprint density at radius 1 is 1.38 bits per heavy atom. The first-order valence-electron chi connectivity index (χ1n) is 3.21. The Labute approximate surface area is 51.0 Å². The lowest BCUT2D eigenvalue weighted by molar-refractivity contribution is 0.0671. The summed E-state index contributed by atoms with van der Waals surface area (Å²) in [4.78, 5) is 0. The van der Waals surface area contributed by atoms with E-state index in [2.05, 4.69) is 0 Å². The molecule has 1 rings (SSSR count). The van der Waals surface area contributed by atoms with Crippen molar-refractivity contribution in [2.75, 3.05) is 13.2 Å². The zero-order valence-electron chi connectivity index (χ0n) is 5.10. The molecule has 0 aromatic rings. The molecule has 1 fully saturated rings. The van der Waals surface area contributed by atoms with Crippen molar-refractivity contribution in [3.05, 3.63) is 6.92 Å². The second kappa shape index (κ2) is 3.08. The molecule has 2 radical (unpaired) electrons. The van der Waals surface area contributed by atoms with Crippen LogP contribution in [0.5, 0.6) is 0 Å². The SMILES string of the molecule is [CH]CC1CCOCC1. The van der Waals surface area contributed by atoms with Gasteiger partial charge < -0.3 is 4.74 Å². The molecule has 0 amide bonds. The van der Waals surface area contributed by atoms with Crippen LogP contribution in [0.25, 0.3) is 0 Å². The largest absolute Gasteiger partial charge is 0.381 e. The van der Waals surface area contributed by atoms with Crippen molar-refractivity contribution in [1.29, 1.82) is 0 Å². The summed E-state index contributed by atoms with van der Waals surface area (Å²) in [5.74, 6) is 0.740. The number of rotatable bonds is 1. The van der Waals surface area contributed by atoms with E-state index in [0.717, 1.165) is 38.4 Å². The van der Waals surface area contributed by atoms with E-state index < -0.39 is 0 Å². The van der Waals surface area contributed by atoms with E-state index in [4.69, 9.17) is 11.7 Å². The normalized spacial score (nSPS) is 23.6. The van der Waals surface area contributed by atoms with E-state index in [1.54, 1.807) is 0 Å². The highest BCUT2D eigenvalue weighted by Gasteiger charge is 2.10. The van der Waals surface area contributed by atoms with Crippen molar-refractivity contribution in [3.63, 3.8) is 0 Å². The predicted molar refractivity (Wildman–Crippen MR) is 32.5 cm³/mol. The average molecular weight is 112 g/mol. The third-order valence-corrected chi connectivity index (χ3v) is 1.67. The third kappa shape index (κ3) is 1.48. The monoisotopic (exact) mass is 112 g/mol. The predicted octanol–water partition coefficient (Wildman–Crippen LogP) is 1.51. The van der Waals surface area contributed by atoms with Crippen molar-refractivity contribution >= 4 is 0 Å². The number of ether oxygens (including phenoxy) is 1. The Morgan fingerprint density at radius 3 is 2.38 bits per heavy atom. The van der Waals surface area contributed by atoms with Crippen LogP contribution >= 0.6 is 0 Å². The van der Waals surface area contributed by atoms with E-state index >= 15 is 0 Å². The van der Waals surface area contributed by atoms with Gasteiger partial charge in [-0.3, -0.25) is 0 Å². The van der Waals surface area contributed by atoms with Crippen molar-refractivity contribution in [3.8, 4) is 0 Å². The molecule has 0 atom stereocenters. The second-order valence-corrected chi connectivity index (χ2v) is 2.29. The van der Waals surface area contributed by atoms with E-state index in [9.17, 15) is 0 Å². The maximum absolute atomic E-state index is 5.45. The molecule has 1 saturated heterocycles. The van der Waals surface area contributed by atoms with Crippen LogP contribution < -0.4 is 0 Å². The summed E-state index contributed by atoms with van der Waals surface area (Å²) >= 11 is 0. The summed E-state index contributed by atoms with van der Waals surface area (Å²) in [6, 6.07) is 0. The maximum Gasteiger partial charge on any atom is 0.0468 e. The Balaban J connectivity index is 2.13. The molecular formula is C7H12O. The van der Waals surface area contributed by atoms with E-state index in [-0.39, 0.29) is 0 Å². The van der Waals surface area contributed by atoms with Gasteiger partial charge in [0.25, 0.3) is 0 Å². The highest BCUT2D eigenvalue weighted by atomic mass is 16.5. The van der Waals surface area contributed by atoms with Gasteiger partial charge in [0.05, 0.1) is 0 Å². The first-order chi connectivity index (χ1) is 3.93. The topological polar surface area (TPSA) is 9.23 Å². The van der Waals surface area contributed by atoms with E-state index in [0.29, 0.717) is 0 Å². The fraction of sp³-hybridized carbons (Fsp3) is 0.857. The maximum atomic E-state index is 5.45. The summed E-state index contributed by atoms with van der Waals surface area (Å²) in [7, 11) is 0. The van der Waals surface area contributed by atoms with Gasteiger partial charge in [0.2, 0.25) is 0 Å². The molecule has 0 spiro atoms.